The Balaban J connectivity index is 1.60. The number of hydrogen-bond donors (Lipinski definition) is 1. The molecular weight excluding hydrogens is 268 g/mol. The summed E-state index contributed by atoms with van der Waals surface area (Å²) in [7, 11) is 1.94. The second-order valence-corrected chi connectivity index (χ2v) is 5.77. The number of nitrogens with zero attached hydrogens (tertiary/aromatic N) is 3. The third kappa shape index (κ3) is 2.46. The van der Waals surface area contributed by atoms with E-state index < -0.39 is 0 Å². The van der Waals surface area contributed by atoms with E-state index in [4.69, 9.17) is 0 Å². The van der Waals surface area contributed by atoms with Crippen molar-refractivity contribution in [3.05, 3.63) is 30.1 Å². The highest BCUT2D eigenvalue weighted by Gasteiger charge is 2.36. The maximum atomic E-state index is 12.3. The van der Waals surface area contributed by atoms with Gasteiger partial charge in [0.2, 0.25) is 11.8 Å². The van der Waals surface area contributed by atoms with Crippen LogP contribution in [0.1, 0.15) is 30.1 Å². The predicted octanol–water partition coefficient (Wildman–Crippen LogP) is 0.558. The van der Waals surface area contributed by atoms with E-state index in [1.807, 2.05) is 17.9 Å². The second kappa shape index (κ2) is 5.35. The molecule has 0 aromatic carbocycles. The number of rotatable bonds is 3. The molecule has 112 valence electrons. The largest absolute Gasteiger partial charge is 0.349 e. The fourth-order valence-corrected chi connectivity index (χ4v) is 3.10. The Labute approximate surface area is 123 Å². The number of carbonyl (C=O) groups is 2. The molecule has 6 heteroatoms. The average molecular weight is 288 g/mol. The lowest BCUT2D eigenvalue weighted by Crippen LogP contribution is -2.55. The Morgan fingerprint density at radius 2 is 2.24 bits per heavy atom. The minimum atomic E-state index is -0.105. The zero-order chi connectivity index (χ0) is 15.0. The number of likely N-dealkylation sites (tertiary alicyclic amines) is 1. The van der Waals surface area contributed by atoms with Gasteiger partial charge in [0.05, 0.1) is 18.2 Å². The minimum absolute atomic E-state index is 0.0322. The lowest BCUT2D eigenvalue weighted by Gasteiger charge is -2.38. The van der Waals surface area contributed by atoms with Gasteiger partial charge < -0.3 is 10.2 Å². The molecule has 1 aromatic heterocycles. The van der Waals surface area contributed by atoms with Crippen molar-refractivity contribution < 1.29 is 9.59 Å². The number of hydrogen-bond acceptors (Lipinski definition) is 3. The van der Waals surface area contributed by atoms with Crippen molar-refractivity contribution >= 4 is 11.8 Å². The van der Waals surface area contributed by atoms with Crippen molar-refractivity contribution in [3.8, 4) is 0 Å². The summed E-state index contributed by atoms with van der Waals surface area (Å²) < 4.78 is 1.89. The zero-order valence-corrected chi connectivity index (χ0v) is 12.2. The summed E-state index contributed by atoms with van der Waals surface area (Å²) in [5.41, 5.74) is 2.35. The third-order valence-corrected chi connectivity index (χ3v) is 4.43. The van der Waals surface area contributed by atoms with Crippen LogP contribution in [0.4, 0.5) is 0 Å². The van der Waals surface area contributed by atoms with Crippen LogP contribution in [0.25, 0.3) is 0 Å². The summed E-state index contributed by atoms with van der Waals surface area (Å²) in [5.74, 6) is -0.174. The predicted molar refractivity (Wildman–Crippen MR) is 77.3 cm³/mol. The van der Waals surface area contributed by atoms with Gasteiger partial charge in [0, 0.05) is 31.4 Å². The molecule has 1 saturated heterocycles. The van der Waals surface area contributed by atoms with Crippen LogP contribution in [-0.2, 0) is 23.1 Å². The Bertz CT molecular complexity index is 586. The number of aryl methyl sites for hydroxylation is 1. The summed E-state index contributed by atoms with van der Waals surface area (Å²) in [6.07, 6.45) is 6.17. The fourth-order valence-electron chi connectivity index (χ4n) is 3.10. The van der Waals surface area contributed by atoms with Crippen molar-refractivity contribution in [2.45, 2.75) is 25.3 Å². The van der Waals surface area contributed by atoms with E-state index in [-0.39, 0.29) is 23.8 Å². The van der Waals surface area contributed by atoms with Crippen LogP contribution in [-0.4, -0.2) is 39.6 Å². The van der Waals surface area contributed by atoms with Crippen molar-refractivity contribution in [2.24, 2.45) is 13.0 Å². The summed E-state index contributed by atoms with van der Waals surface area (Å²) >= 11 is 0. The molecule has 1 fully saturated rings. The van der Waals surface area contributed by atoms with Gasteiger partial charge in [-0.05, 0) is 25.3 Å². The first-order valence-corrected chi connectivity index (χ1v) is 7.32. The quantitative estimate of drug-likeness (QED) is 0.826. The molecule has 1 aliphatic heterocycles. The molecule has 0 saturated carbocycles. The molecule has 0 radical (unpaired) electrons. The molecule has 1 unspecified atom stereocenters. The van der Waals surface area contributed by atoms with Crippen LogP contribution in [0.5, 0.6) is 0 Å². The van der Waals surface area contributed by atoms with E-state index in [2.05, 4.69) is 17.0 Å². The van der Waals surface area contributed by atoms with Gasteiger partial charge >= 0.3 is 0 Å². The SMILES string of the molecule is C=CC(=O)N1CC(C(=O)NC2CCCc3c2cnn3C)C1. The van der Waals surface area contributed by atoms with E-state index in [1.54, 1.807) is 4.90 Å². The number of aromatic nitrogens is 2. The average Bonchev–Trinajstić information content (AvgIpc) is 2.80. The zero-order valence-electron chi connectivity index (χ0n) is 12.2. The molecule has 0 spiro atoms. The highest BCUT2D eigenvalue weighted by atomic mass is 16.2. The standard InChI is InChI=1S/C15H20N4O2/c1-3-14(20)19-8-10(9-19)15(21)17-12-5-4-6-13-11(12)7-16-18(13)2/h3,7,10,12H,1,4-6,8-9H2,2H3,(H,17,21). The van der Waals surface area contributed by atoms with E-state index in [0.29, 0.717) is 13.1 Å². The van der Waals surface area contributed by atoms with Crippen molar-refractivity contribution in [3.63, 3.8) is 0 Å². The lowest BCUT2D eigenvalue weighted by atomic mass is 9.91. The van der Waals surface area contributed by atoms with Crippen LogP contribution < -0.4 is 5.32 Å². The van der Waals surface area contributed by atoms with Gasteiger partial charge in [-0.15, -0.1) is 0 Å². The maximum Gasteiger partial charge on any atom is 0.246 e. The maximum absolute atomic E-state index is 12.3. The van der Waals surface area contributed by atoms with Crippen LogP contribution in [0.15, 0.2) is 18.9 Å². The summed E-state index contributed by atoms with van der Waals surface area (Å²) in [6, 6.07) is 0.0547. The molecule has 3 rings (SSSR count). The highest BCUT2D eigenvalue weighted by molar-refractivity contribution is 5.90. The van der Waals surface area contributed by atoms with Gasteiger partial charge in [-0.3, -0.25) is 14.3 Å². The van der Waals surface area contributed by atoms with Crippen LogP contribution >= 0.6 is 0 Å². The molecule has 1 atom stereocenters. The number of carbonyl (C=O) groups excluding carboxylic acids is 2. The topological polar surface area (TPSA) is 67.2 Å². The van der Waals surface area contributed by atoms with Gasteiger partial charge in [-0.2, -0.15) is 5.10 Å². The van der Waals surface area contributed by atoms with Crippen LogP contribution in [0, 0.1) is 5.92 Å². The molecule has 6 nitrogen and oxygen atoms in total. The van der Waals surface area contributed by atoms with Gasteiger partial charge in [0.25, 0.3) is 0 Å². The minimum Gasteiger partial charge on any atom is -0.349 e. The number of amides is 2. The van der Waals surface area contributed by atoms with Crippen LogP contribution in [0.3, 0.4) is 0 Å². The van der Waals surface area contributed by atoms with Crippen molar-refractivity contribution in [1.82, 2.24) is 20.0 Å². The van der Waals surface area contributed by atoms with E-state index in [9.17, 15) is 9.59 Å². The molecule has 1 N–H and O–H groups in total. The Morgan fingerprint density at radius 1 is 1.48 bits per heavy atom. The Morgan fingerprint density at radius 3 is 2.95 bits per heavy atom. The van der Waals surface area contributed by atoms with E-state index >= 15 is 0 Å². The molecule has 2 amide bonds. The van der Waals surface area contributed by atoms with Gasteiger partial charge in [-0.1, -0.05) is 6.58 Å². The highest BCUT2D eigenvalue weighted by Crippen LogP contribution is 2.30. The summed E-state index contributed by atoms with van der Waals surface area (Å²) in [6.45, 7) is 4.43. The van der Waals surface area contributed by atoms with E-state index in [1.165, 1.54) is 11.8 Å². The summed E-state index contributed by atoms with van der Waals surface area (Å²) in [5, 5.41) is 7.39. The first-order chi connectivity index (χ1) is 10.1. The molecule has 0 bridgehead atoms. The van der Waals surface area contributed by atoms with Gasteiger partial charge in [0.1, 0.15) is 0 Å². The third-order valence-electron chi connectivity index (χ3n) is 4.43. The smallest absolute Gasteiger partial charge is 0.246 e. The first kappa shape index (κ1) is 13.9. The molecule has 2 heterocycles. The normalized spacial score (nSPS) is 21.4. The number of nitrogens with one attached hydrogen (secondary N) is 1. The monoisotopic (exact) mass is 288 g/mol. The molecule has 2 aliphatic rings. The summed E-state index contributed by atoms with van der Waals surface area (Å²) in [4.78, 5) is 25.3. The van der Waals surface area contributed by atoms with Gasteiger partial charge in [0.15, 0.2) is 0 Å². The fraction of sp³-hybridized carbons (Fsp3) is 0.533. The van der Waals surface area contributed by atoms with Gasteiger partial charge in [-0.25, -0.2) is 0 Å². The first-order valence-electron chi connectivity index (χ1n) is 7.32. The van der Waals surface area contributed by atoms with Crippen molar-refractivity contribution in [1.29, 1.82) is 0 Å². The lowest BCUT2D eigenvalue weighted by molar-refractivity contribution is -0.139. The Kier molecular flexibility index (Phi) is 3.53. The second-order valence-electron chi connectivity index (χ2n) is 5.77. The molecule has 1 aliphatic carbocycles. The Hall–Kier alpha value is -2.11. The van der Waals surface area contributed by atoms with Crippen molar-refractivity contribution in [2.75, 3.05) is 13.1 Å². The van der Waals surface area contributed by atoms with E-state index in [0.717, 1.165) is 24.8 Å². The number of fused-ring (bicyclic) bond motifs is 1. The van der Waals surface area contributed by atoms with Crippen LogP contribution in [0.2, 0.25) is 0 Å². The molecular formula is C15H20N4O2. The molecule has 21 heavy (non-hydrogen) atoms. The molecule has 1 aromatic rings.